The highest BCUT2D eigenvalue weighted by molar-refractivity contribution is 7.89. The third kappa shape index (κ3) is 2.90. The minimum absolute atomic E-state index is 0.0527. The molecular formula is C13H23N3O3S. The maximum atomic E-state index is 12.8. The molecule has 2 heterocycles. The van der Waals surface area contributed by atoms with Gasteiger partial charge in [-0.1, -0.05) is 0 Å². The molecule has 2 N–H and O–H groups in total. The van der Waals surface area contributed by atoms with Crippen LogP contribution in [0.2, 0.25) is 0 Å². The number of sulfonamides is 1. The molecule has 1 fully saturated rings. The van der Waals surface area contributed by atoms with Crippen LogP contribution in [0.25, 0.3) is 0 Å². The van der Waals surface area contributed by atoms with Crippen molar-refractivity contribution in [1.82, 2.24) is 9.21 Å². The van der Waals surface area contributed by atoms with Crippen molar-refractivity contribution in [3.05, 3.63) is 17.6 Å². The largest absolute Gasteiger partial charge is 0.464 e. The molecule has 0 amide bonds. The summed E-state index contributed by atoms with van der Waals surface area (Å²) in [6, 6.07) is 1.49. The zero-order valence-electron chi connectivity index (χ0n) is 12.3. The minimum Gasteiger partial charge on any atom is -0.464 e. The standard InChI is InChI=1S/C13H23N3O3S/c1-10-9-15(3)5-4-6-16(10)20(17,18)13-7-12(8-14)19-11(13)2/h7,10H,4-6,8-9,14H2,1-3H3. The molecule has 1 atom stereocenters. The first-order valence-electron chi connectivity index (χ1n) is 6.86. The van der Waals surface area contributed by atoms with Crippen LogP contribution < -0.4 is 5.73 Å². The highest BCUT2D eigenvalue weighted by Gasteiger charge is 2.33. The third-order valence-electron chi connectivity index (χ3n) is 3.70. The highest BCUT2D eigenvalue weighted by atomic mass is 32.2. The number of hydrogen-bond donors (Lipinski definition) is 1. The summed E-state index contributed by atoms with van der Waals surface area (Å²) < 4.78 is 32.6. The van der Waals surface area contributed by atoms with Crippen LogP contribution >= 0.6 is 0 Å². The summed E-state index contributed by atoms with van der Waals surface area (Å²) in [4.78, 5) is 2.41. The van der Waals surface area contributed by atoms with Crippen LogP contribution in [0, 0.1) is 6.92 Å². The number of hydrogen-bond acceptors (Lipinski definition) is 5. The van der Waals surface area contributed by atoms with Gasteiger partial charge < -0.3 is 15.1 Å². The summed E-state index contributed by atoms with van der Waals surface area (Å²) in [5.74, 6) is 0.913. The van der Waals surface area contributed by atoms with Crippen LogP contribution in [-0.4, -0.2) is 50.3 Å². The van der Waals surface area contributed by atoms with Gasteiger partial charge in [-0.15, -0.1) is 0 Å². The molecule has 1 aliphatic heterocycles. The molecule has 0 saturated carbocycles. The second-order valence-corrected chi connectivity index (χ2v) is 7.28. The van der Waals surface area contributed by atoms with Crippen LogP contribution in [0.1, 0.15) is 24.9 Å². The third-order valence-corrected chi connectivity index (χ3v) is 5.82. The van der Waals surface area contributed by atoms with Crippen molar-refractivity contribution >= 4 is 10.0 Å². The highest BCUT2D eigenvalue weighted by Crippen LogP contribution is 2.26. The van der Waals surface area contributed by atoms with Crippen LogP contribution in [0.4, 0.5) is 0 Å². The molecule has 1 aromatic heterocycles. The smallest absolute Gasteiger partial charge is 0.246 e. The topological polar surface area (TPSA) is 79.8 Å². The number of furan rings is 1. The molecule has 0 bridgehead atoms. The van der Waals surface area contributed by atoms with Crippen molar-refractivity contribution in [1.29, 1.82) is 0 Å². The molecule has 0 spiro atoms. The summed E-state index contributed by atoms with van der Waals surface area (Å²) in [5, 5.41) is 0. The van der Waals surface area contributed by atoms with Crippen molar-refractivity contribution in [3.63, 3.8) is 0 Å². The number of rotatable bonds is 3. The quantitative estimate of drug-likeness (QED) is 0.891. The molecule has 114 valence electrons. The van der Waals surface area contributed by atoms with Crippen LogP contribution in [0.5, 0.6) is 0 Å². The second kappa shape index (κ2) is 5.85. The number of nitrogens with zero attached hydrogens (tertiary/aromatic N) is 2. The Kier molecular flexibility index (Phi) is 4.53. The minimum atomic E-state index is -3.52. The van der Waals surface area contributed by atoms with E-state index in [1.807, 2.05) is 14.0 Å². The molecule has 0 radical (unpaired) electrons. The predicted octanol–water partition coefficient (Wildman–Crippen LogP) is 0.761. The molecule has 0 aliphatic carbocycles. The van der Waals surface area contributed by atoms with E-state index in [0.717, 1.165) is 19.5 Å². The molecule has 1 aromatic rings. The molecular weight excluding hydrogens is 278 g/mol. The fourth-order valence-electron chi connectivity index (χ4n) is 2.71. The van der Waals surface area contributed by atoms with Gasteiger partial charge in [0.1, 0.15) is 16.4 Å². The number of likely N-dealkylation sites (N-methyl/N-ethyl adjacent to an activating group) is 1. The van der Waals surface area contributed by atoms with Gasteiger partial charge in [0.05, 0.1) is 6.54 Å². The molecule has 6 nitrogen and oxygen atoms in total. The summed E-state index contributed by atoms with van der Waals surface area (Å²) in [5.41, 5.74) is 5.52. The predicted molar refractivity (Wildman–Crippen MR) is 76.8 cm³/mol. The Morgan fingerprint density at radius 3 is 2.75 bits per heavy atom. The van der Waals surface area contributed by atoms with E-state index < -0.39 is 10.0 Å². The molecule has 1 unspecified atom stereocenters. The molecule has 1 saturated heterocycles. The van der Waals surface area contributed by atoms with Gasteiger partial charge in [-0.25, -0.2) is 8.42 Å². The fraction of sp³-hybridized carbons (Fsp3) is 0.692. The van der Waals surface area contributed by atoms with E-state index in [1.165, 1.54) is 0 Å². The molecule has 7 heteroatoms. The van der Waals surface area contributed by atoms with Crippen LogP contribution in [0.15, 0.2) is 15.4 Å². The van der Waals surface area contributed by atoms with Crippen molar-refractivity contribution < 1.29 is 12.8 Å². The van der Waals surface area contributed by atoms with E-state index in [2.05, 4.69) is 4.90 Å². The number of nitrogens with two attached hydrogens (primary N) is 1. The Balaban J connectivity index is 2.35. The van der Waals surface area contributed by atoms with Crippen molar-refractivity contribution in [2.75, 3.05) is 26.7 Å². The molecule has 20 heavy (non-hydrogen) atoms. The lowest BCUT2D eigenvalue weighted by atomic mass is 10.3. The molecule has 0 aromatic carbocycles. The first kappa shape index (κ1) is 15.5. The Hall–Kier alpha value is -0.890. The van der Waals surface area contributed by atoms with Gasteiger partial charge in [-0.05, 0) is 33.9 Å². The van der Waals surface area contributed by atoms with Gasteiger partial charge in [0, 0.05) is 25.2 Å². The van der Waals surface area contributed by atoms with Crippen molar-refractivity contribution in [3.8, 4) is 0 Å². The van der Waals surface area contributed by atoms with Gasteiger partial charge in [0.2, 0.25) is 10.0 Å². The Labute approximate surface area is 120 Å². The van der Waals surface area contributed by atoms with Gasteiger partial charge in [0.15, 0.2) is 0 Å². The first-order chi connectivity index (χ1) is 9.36. The van der Waals surface area contributed by atoms with Crippen LogP contribution in [-0.2, 0) is 16.6 Å². The Morgan fingerprint density at radius 1 is 1.45 bits per heavy atom. The summed E-state index contributed by atoms with van der Waals surface area (Å²) in [6.07, 6.45) is 0.834. The van der Waals surface area contributed by atoms with E-state index in [9.17, 15) is 8.42 Å². The number of aryl methyl sites for hydroxylation is 1. The second-order valence-electron chi connectivity index (χ2n) is 5.42. The lowest BCUT2D eigenvalue weighted by molar-refractivity contribution is 0.290. The lowest BCUT2D eigenvalue weighted by Crippen LogP contribution is -2.41. The van der Waals surface area contributed by atoms with E-state index in [4.69, 9.17) is 10.2 Å². The van der Waals surface area contributed by atoms with Crippen molar-refractivity contribution in [2.45, 2.75) is 37.8 Å². The first-order valence-corrected chi connectivity index (χ1v) is 8.30. The zero-order chi connectivity index (χ0) is 14.9. The SMILES string of the molecule is Cc1oc(CN)cc1S(=O)(=O)N1CCCN(C)CC1C. The van der Waals surface area contributed by atoms with Gasteiger partial charge in [0.25, 0.3) is 0 Å². The zero-order valence-corrected chi connectivity index (χ0v) is 13.1. The molecule has 2 rings (SSSR count). The summed E-state index contributed by atoms with van der Waals surface area (Å²) >= 11 is 0. The average molecular weight is 301 g/mol. The normalized spacial score (nSPS) is 22.9. The maximum Gasteiger partial charge on any atom is 0.246 e. The Bertz CT molecular complexity index is 567. The summed E-state index contributed by atoms with van der Waals surface area (Å²) in [6.45, 7) is 6.00. The maximum absolute atomic E-state index is 12.8. The summed E-state index contributed by atoms with van der Waals surface area (Å²) in [7, 11) is -1.50. The van der Waals surface area contributed by atoms with E-state index >= 15 is 0 Å². The van der Waals surface area contributed by atoms with Gasteiger partial charge in [-0.2, -0.15) is 4.31 Å². The average Bonchev–Trinajstić information content (AvgIpc) is 2.67. The lowest BCUT2D eigenvalue weighted by Gasteiger charge is -2.26. The van der Waals surface area contributed by atoms with Gasteiger partial charge >= 0.3 is 0 Å². The fourth-order valence-corrected chi connectivity index (χ4v) is 4.56. The monoisotopic (exact) mass is 301 g/mol. The molecule has 1 aliphatic rings. The van der Waals surface area contributed by atoms with Gasteiger partial charge in [-0.3, -0.25) is 0 Å². The van der Waals surface area contributed by atoms with Crippen LogP contribution in [0.3, 0.4) is 0 Å². The van der Waals surface area contributed by atoms with Crippen molar-refractivity contribution in [2.24, 2.45) is 5.73 Å². The Morgan fingerprint density at radius 2 is 2.15 bits per heavy atom. The van der Waals surface area contributed by atoms with E-state index in [1.54, 1.807) is 17.3 Å². The van der Waals surface area contributed by atoms with E-state index in [0.29, 0.717) is 18.1 Å². The van der Waals surface area contributed by atoms with E-state index in [-0.39, 0.29) is 17.5 Å².